The van der Waals surface area contributed by atoms with Gasteiger partial charge in [0.15, 0.2) is 16.6 Å². The van der Waals surface area contributed by atoms with Gasteiger partial charge in [-0.1, -0.05) is 30.0 Å². The second-order valence-corrected chi connectivity index (χ2v) is 11.7. The molecule has 0 radical (unpaired) electrons. The third kappa shape index (κ3) is 8.13. The summed E-state index contributed by atoms with van der Waals surface area (Å²) in [7, 11) is 0. The number of aryl methyl sites for hydroxylation is 1. The van der Waals surface area contributed by atoms with Crippen molar-refractivity contribution in [2.45, 2.75) is 70.7 Å². The number of ketones is 1. The van der Waals surface area contributed by atoms with Crippen LogP contribution in [-0.4, -0.2) is 74.3 Å². The highest BCUT2D eigenvalue weighted by Crippen LogP contribution is 2.40. The van der Waals surface area contributed by atoms with Crippen LogP contribution in [0.4, 0.5) is 4.39 Å². The Hall–Kier alpha value is -3.38. The molecule has 2 unspecified atom stereocenters. The SMILES string of the molecule is CCOC(=O)CCCn1nc(/C=C2/CN(C(C(=O)C3CC3)c3ccccc3F)CCC2SC(C)=O)c(C(=O)OCC)n1. The number of esters is 2. The molecule has 1 aromatic carbocycles. The summed E-state index contributed by atoms with van der Waals surface area (Å²) < 4.78 is 25.2. The van der Waals surface area contributed by atoms with E-state index in [9.17, 15) is 23.6 Å². The average Bonchev–Trinajstić information content (AvgIpc) is 3.72. The van der Waals surface area contributed by atoms with Crippen LogP contribution in [0, 0.1) is 11.7 Å². The molecule has 2 atom stereocenters. The average molecular weight is 601 g/mol. The number of Topliss-reactive ketones (excluding diaryl/α,β-unsaturated/α-hetero) is 1. The Kier molecular flexibility index (Phi) is 11.0. The lowest BCUT2D eigenvalue weighted by molar-refractivity contribution is -0.143. The fourth-order valence-corrected chi connectivity index (χ4v) is 5.99. The first-order valence-corrected chi connectivity index (χ1v) is 15.3. The van der Waals surface area contributed by atoms with E-state index in [0.29, 0.717) is 31.6 Å². The van der Waals surface area contributed by atoms with E-state index in [2.05, 4.69) is 10.2 Å². The summed E-state index contributed by atoms with van der Waals surface area (Å²) in [6.45, 7) is 6.42. The molecule has 1 aliphatic heterocycles. The molecule has 0 bridgehead atoms. The van der Waals surface area contributed by atoms with Crippen molar-refractivity contribution < 1.29 is 33.0 Å². The van der Waals surface area contributed by atoms with Gasteiger partial charge in [-0.05, 0) is 57.2 Å². The summed E-state index contributed by atoms with van der Waals surface area (Å²) in [4.78, 5) is 53.5. The second-order valence-electron chi connectivity index (χ2n) is 10.3. The highest BCUT2D eigenvalue weighted by atomic mass is 32.2. The van der Waals surface area contributed by atoms with E-state index in [1.165, 1.54) is 29.5 Å². The summed E-state index contributed by atoms with van der Waals surface area (Å²) in [6.07, 6.45) is 4.46. The van der Waals surface area contributed by atoms with Crippen molar-refractivity contribution in [1.29, 1.82) is 0 Å². The molecule has 10 nitrogen and oxygen atoms in total. The molecular formula is C30H37FN4O6S. The fraction of sp³-hybridized carbons (Fsp3) is 0.533. The predicted octanol–water partition coefficient (Wildman–Crippen LogP) is 4.40. The first kappa shape index (κ1) is 31.6. The molecule has 1 aliphatic carbocycles. The molecule has 226 valence electrons. The van der Waals surface area contributed by atoms with E-state index in [0.717, 1.165) is 18.4 Å². The van der Waals surface area contributed by atoms with Crippen LogP contribution in [0.15, 0.2) is 29.8 Å². The van der Waals surface area contributed by atoms with E-state index in [4.69, 9.17) is 9.47 Å². The highest BCUT2D eigenvalue weighted by molar-refractivity contribution is 8.14. The van der Waals surface area contributed by atoms with Gasteiger partial charge in [-0.15, -0.1) is 5.10 Å². The molecule has 1 saturated heterocycles. The summed E-state index contributed by atoms with van der Waals surface area (Å²) in [6, 6.07) is 5.59. The van der Waals surface area contributed by atoms with Gasteiger partial charge in [0.2, 0.25) is 0 Å². The van der Waals surface area contributed by atoms with Gasteiger partial charge in [0.25, 0.3) is 0 Å². The van der Waals surface area contributed by atoms with Crippen LogP contribution >= 0.6 is 11.8 Å². The fourth-order valence-electron chi connectivity index (χ4n) is 5.07. The van der Waals surface area contributed by atoms with Gasteiger partial charge in [0.05, 0.1) is 25.8 Å². The molecule has 1 aromatic heterocycles. The Morgan fingerprint density at radius 1 is 1.10 bits per heavy atom. The lowest BCUT2D eigenvalue weighted by Gasteiger charge is -2.38. The van der Waals surface area contributed by atoms with Crippen molar-refractivity contribution in [2.24, 2.45) is 5.92 Å². The van der Waals surface area contributed by atoms with Crippen molar-refractivity contribution in [3.63, 3.8) is 0 Å². The zero-order valence-electron chi connectivity index (χ0n) is 24.2. The van der Waals surface area contributed by atoms with Crippen LogP contribution in [-0.2, 0) is 30.4 Å². The summed E-state index contributed by atoms with van der Waals surface area (Å²) in [5.74, 6) is -1.49. The van der Waals surface area contributed by atoms with E-state index in [1.807, 2.05) is 4.90 Å². The predicted molar refractivity (Wildman–Crippen MR) is 155 cm³/mol. The normalized spacial score (nSPS) is 19.0. The van der Waals surface area contributed by atoms with Crippen LogP contribution in [0.3, 0.4) is 0 Å². The quantitative estimate of drug-likeness (QED) is 0.306. The minimum Gasteiger partial charge on any atom is -0.466 e. The van der Waals surface area contributed by atoms with Gasteiger partial charge in [0, 0.05) is 43.2 Å². The first-order chi connectivity index (χ1) is 20.2. The molecule has 0 spiro atoms. The monoisotopic (exact) mass is 600 g/mol. The Bertz CT molecular complexity index is 1340. The van der Waals surface area contributed by atoms with Crippen molar-refractivity contribution in [2.75, 3.05) is 26.3 Å². The van der Waals surface area contributed by atoms with Crippen LogP contribution in [0.1, 0.15) is 80.7 Å². The number of halogens is 1. The van der Waals surface area contributed by atoms with Gasteiger partial charge < -0.3 is 9.47 Å². The molecule has 0 N–H and O–H groups in total. The Labute approximate surface area is 249 Å². The Balaban J connectivity index is 1.67. The third-order valence-electron chi connectivity index (χ3n) is 7.12. The molecule has 12 heteroatoms. The number of likely N-dealkylation sites (tertiary alicyclic amines) is 1. The lowest BCUT2D eigenvalue weighted by atomic mass is 9.93. The zero-order chi connectivity index (χ0) is 30.2. The molecule has 2 heterocycles. The summed E-state index contributed by atoms with van der Waals surface area (Å²) in [5, 5.41) is 8.57. The molecule has 1 saturated carbocycles. The smallest absolute Gasteiger partial charge is 0.361 e. The minimum atomic E-state index is -0.756. The lowest BCUT2D eigenvalue weighted by Crippen LogP contribution is -2.43. The van der Waals surface area contributed by atoms with Gasteiger partial charge in [-0.3, -0.25) is 19.3 Å². The standard InChI is InChI=1S/C30H37FN4O6S/c1-4-40-26(37)11-8-15-35-32-24(27(33-35)30(39)41-5-2)17-21-18-34(16-14-25(21)42-19(3)36)28(29(38)20-12-13-20)22-9-6-7-10-23(22)31/h6-7,9-10,17,20,25,28H,4-5,8,11-16,18H2,1-3H3/b21-17-. The van der Waals surface area contributed by atoms with E-state index >= 15 is 0 Å². The number of carbonyl (C=O) groups is 4. The van der Waals surface area contributed by atoms with Gasteiger partial charge >= 0.3 is 11.9 Å². The molecule has 4 rings (SSSR count). The Morgan fingerprint density at radius 3 is 2.50 bits per heavy atom. The molecule has 2 aromatic rings. The summed E-state index contributed by atoms with van der Waals surface area (Å²) in [5.41, 5.74) is 1.40. The van der Waals surface area contributed by atoms with Gasteiger partial charge in [0.1, 0.15) is 11.5 Å². The summed E-state index contributed by atoms with van der Waals surface area (Å²) >= 11 is 1.18. The zero-order valence-corrected chi connectivity index (χ0v) is 25.0. The molecule has 2 fully saturated rings. The van der Waals surface area contributed by atoms with Crippen molar-refractivity contribution in [1.82, 2.24) is 19.9 Å². The van der Waals surface area contributed by atoms with Crippen LogP contribution in [0.5, 0.6) is 0 Å². The number of ether oxygens (including phenoxy) is 2. The maximum Gasteiger partial charge on any atom is 0.361 e. The molecule has 2 aliphatic rings. The third-order valence-corrected chi connectivity index (χ3v) is 8.27. The number of nitrogens with zero attached hydrogens (tertiary/aromatic N) is 4. The van der Waals surface area contributed by atoms with Gasteiger partial charge in [-0.2, -0.15) is 9.90 Å². The molecular weight excluding hydrogens is 563 g/mol. The minimum absolute atomic E-state index is 0.00289. The van der Waals surface area contributed by atoms with E-state index in [-0.39, 0.29) is 65.5 Å². The number of piperidine rings is 1. The number of carbonyl (C=O) groups excluding carboxylic acids is 4. The number of aromatic nitrogens is 3. The topological polar surface area (TPSA) is 121 Å². The highest BCUT2D eigenvalue weighted by Gasteiger charge is 2.41. The van der Waals surface area contributed by atoms with Crippen LogP contribution < -0.4 is 0 Å². The number of benzene rings is 1. The first-order valence-electron chi connectivity index (χ1n) is 14.4. The number of hydrogen-bond acceptors (Lipinski definition) is 10. The van der Waals surface area contributed by atoms with Gasteiger partial charge in [-0.25, -0.2) is 9.18 Å². The maximum absolute atomic E-state index is 15.0. The van der Waals surface area contributed by atoms with E-state index < -0.39 is 17.8 Å². The largest absolute Gasteiger partial charge is 0.466 e. The van der Waals surface area contributed by atoms with Crippen molar-refractivity contribution in [3.8, 4) is 0 Å². The second kappa shape index (κ2) is 14.7. The maximum atomic E-state index is 15.0. The molecule has 0 amide bonds. The van der Waals surface area contributed by atoms with Crippen molar-refractivity contribution in [3.05, 3.63) is 52.6 Å². The molecule has 42 heavy (non-hydrogen) atoms. The number of hydrogen-bond donors (Lipinski definition) is 0. The number of thioether (sulfide) groups is 1. The van der Waals surface area contributed by atoms with E-state index in [1.54, 1.807) is 38.1 Å². The van der Waals surface area contributed by atoms with Crippen molar-refractivity contribution >= 4 is 40.7 Å². The van der Waals surface area contributed by atoms with Crippen LogP contribution in [0.25, 0.3) is 6.08 Å². The number of rotatable bonds is 13. The Morgan fingerprint density at radius 2 is 1.83 bits per heavy atom. The van der Waals surface area contributed by atoms with Crippen LogP contribution in [0.2, 0.25) is 0 Å².